The zero-order valence-electron chi connectivity index (χ0n) is 10.5. The number of carbonyl (C=O) groups is 2. The molecule has 2 rings (SSSR count). The molecule has 1 aromatic carbocycles. The number of carbonyl (C=O) groups excluding carboxylic acids is 2. The smallest absolute Gasteiger partial charge is 0.267 e. The Kier molecular flexibility index (Phi) is 4.08. The summed E-state index contributed by atoms with van der Waals surface area (Å²) in [6.07, 6.45) is 0. The predicted molar refractivity (Wildman–Crippen MR) is 72.9 cm³/mol. The summed E-state index contributed by atoms with van der Waals surface area (Å²) in [5.74, 6) is -0.985. The van der Waals surface area contributed by atoms with Gasteiger partial charge in [0.2, 0.25) is 0 Å². The van der Waals surface area contributed by atoms with E-state index in [1.807, 2.05) is 6.07 Å². The number of aryl methyl sites for hydroxylation is 1. The van der Waals surface area contributed by atoms with Crippen LogP contribution < -0.4 is 10.9 Å². The highest BCUT2D eigenvalue weighted by Gasteiger charge is 2.11. The molecule has 2 aromatic rings. The Morgan fingerprint density at radius 3 is 2.70 bits per heavy atom. The Bertz CT molecular complexity index is 702. The monoisotopic (exact) mass is 286 g/mol. The number of hydrogen-bond donors (Lipinski definition) is 2. The van der Waals surface area contributed by atoms with Gasteiger partial charge in [-0.3, -0.25) is 20.4 Å². The lowest BCUT2D eigenvalue weighted by atomic mass is 10.1. The molecule has 6 nitrogen and oxygen atoms in total. The second-order valence-electron chi connectivity index (χ2n) is 3.85. The molecule has 2 N–H and O–H groups in total. The van der Waals surface area contributed by atoms with E-state index in [1.165, 1.54) is 17.4 Å². The van der Waals surface area contributed by atoms with Gasteiger partial charge >= 0.3 is 0 Å². The molecule has 100 valence electrons. The molecule has 0 aliphatic heterocycles. The van der Waals surface area contributed by atoms with E-state index in [0.29, 0.717) is 11.1 Å². The number of hydrazine groups is 1. The van der Waals surface area contributed by atoms with Crippen molar-refractivity contribution in [2.45, 2.75) is 6.92 Å². The number of thiazole rings is 1. The minimum Gasteiger partial charge on any atom is -0.267 e. The number of amides is 2. The Morgan fingerprint density at radius 1 is 1.30 bits per heavy atom. The van der Waals surface area contributed by atoms with E-state index in [4.69, 9.17) is 5.26 Å². The molecule has 0 saturated heterocycles. The van der Waals surface area contributed by atoms with Crippen LogP contribution in [0.1, 0.15) is 31.4 Å². The molecule has 0 bridgehead atoms. The van der Waals surface area contributed by atoms with E-state index in [1.54, 1.807) is 30.5 Å². The predicted octanol–water partition coefficient (Wildman–Crippen LogP) is 1.40. The van der Waals surface area contributed by atoms with E-state index in [-0.39, 0.29) is 5.69 Å². The maximum atomic E-state index is 11.8. The van der Waals surface area contributed by atoms with Crippen LogP contribution in [-0.2, 0) is 0 Å². The van der Waals surface area contributed by atoms with E-state index in [9.17, 15) is 9.59 Å². The third-order valence-electron chi connectivity index (χ3n) is 2.40. The van der Waals surface area contributed by atoms with Gasteiger partial charge in [-0.1, -0.05) is 6.07 Å². The Labute approximate surface area is 119 Å². The maximum Gasteiger partial charge on any atom is 0.289 e. The highest BCUT2D eigenvalue weighted by molar-refractivity contribution is 7.09. The highest BCUT2D eigenvalue weighted by Crippen LogP contribution is 2.07. The van der Waals surface area contributed by atoms with Gasteiger partial charge in [0.15, 0.2) is 0 Å². The van der Waals surface area contributed by atoms with Crippen molar-refractivity contribution in [1.29, 1.82) is 5.26 Å². The summed E-state index contributed by atoms with van der Waals surface area (Å²) in [6, 6.07) is 8.12. The summed E-state index contributed by atoms with van der Waals surface area (Å²) in [4.78, 5) is 27.5. The lowest BCUT2D eigenvalue weighted by molar-refractivity contribution is 0.0844. The van der Waals surface area contributed by atoms with Crippen LogP contribution in [0.5, 0.6) is 0 Å². The molecule has 0 fully saturated rings. The van der Waals surface area contributed by atoms with Crippen LogP contribution >= 0.6 is 11.3 Å². The number of nitrogens with one attached hydrogen (secondary N) is 2. The average Bonchev–Trinajstić information content (AvgIpc) is 2.91. The van der Waals surface area contributed by atoms with Gasteiger partial charge in [-0.2, -0.15) is 5.26 Å². The number of hydrogen-bond acceptors (Lipinski definition) is 5. The number of nitrogens with zero attached hydrogens (tertiary/aromatic N) is 2. The molecule has 0 unspecified atom stereocenters. The molecule has 0 aliphatic rings. The third kappa shape index (κ3) is 3.18. The van der Waals surface area contributed by atoms with Crippen molar-refractivity contribution in [3.8, 4) is 6.07 Å². The normalized spacial score (nSPS) is 9.60. The van der Waals surface area contributed by atoms with E-state index >= 15 is 0 Å². The number of rotatable bonds is 2. The first-order chi connectivity index (χ1) is 9.60. The Balaban J connectivity index is 1.98. The minimum atomic E-state index is -0.498. The van der Waals surface area contributed by atoms with Crippen LogP contribution in [0.3, 0.4) is 0 Å². The molecule has 0 saturated carbocycles. The first-order valence-corrected chi connectivity index (χ1v) is 6.51. The molecule has 2 amide bonds. The summed E-state index contributed by atoms with van der Waals surface area (Å²) in [7, 11) is 0. The standard InChI is InChI=1S/C13H10N4O2S/c1-8-15-11(7-20-8)13(19)17-16-12(18)10-4-2-3-9(5-10)6-14/h2-5,7H,1H3,(H,16,18)(H,17,19). The maximum absolute atomic E-state index is 11.8. The van der Waals surface area contributed by atoms with Gasteiger partial charge in [0.1, 0.15) is 5.69 Å². The van der Waals surface area contributed by atoms with Crippen LogP contribution in [0, 0.1) is 18.3 Å². The SMILES string of the molecule is Cc1nc(C(=O)NNC(=O)c2cccc(C#N)c2)cs1. The minimum absolute atomic E-state index is 0.249. The largest absolute Gasteiger partial charge is 0.289 e. The molecule has 0 atom stereocenters. The second-order valence-corrected chi connectivity index (χ2v) is 4.91. The van der Waals surface area contributed by atoms with Crippen molar-refractivity contribution < 1.29 is 9.59 Å². The fourth-order valence-electron chi connectivity index (χ4n) is 1.45. The fourth-order valence-corrected chi connectivity index (χ4v) is 2.04. The molecule has 0 spiro atoms. The van der Waals surface area contributed by atoms with Gasteiger partial charge in [-0.25, -0.2) is 4.98 Å². The third-order valence-corrected chi connectivity index (χ3v) is 3.17. The zero-order valence-corrected chi connectivity index (χ0v) is 11.3. The van der Waals surface area contributed by atoms with Gasteiger partial charge in [-0.15, -0.1) is 11.3 Å². The second kappa shape index (κ2) is 5.95. The number of nitriles is 1. The van der Waals surface area contributed by atoms with Crippen molar-refractivity contribution in [1.82, 2.24) is 15.8 Å². The first kappa shape index (κ1) is 13.7. The number of aromatic nitrogens is 1. The van der Waals surface area contributed by atoms with E-state index in [2.05, 4.69) is 15.8 Å². The van der Waals surface area contributed by atoms with Crippen LogP contribution in [0.2, 0.25) is 0 Å². The molecule has 1 aromatic heterocycles. The van der Waals surface area contributed by atoms with Crippen molar-refractivity contribution in [3.63, 3.8) is 0 Å². The topological polar surface area (TPSA) is 94.9 Å². The lowest BCUT2D eigenvalue weighted by Gasteiger charge is -2.06. The average molecular weight is 286 g/mol. The summed E-state index contributed by atoms with van der Waals surface area (Å²) in [5.41, 5.74) is 5.46. The fraction of sp³-hybridized carbons (Fsp3) is 0.0769. The Morgan fingerprint density at radius 2 is 2.05 bits per heavy atom. The summed E-state index contributed by atoms with van der Waals surface area (Å²) >= 11 is 1.35. The van der Waals surface area contributed by atoms with Gasteiger partial charge in [0.25, 0.3) is 11.8 Å². The van der Waals surface area contributed by atoms with Crippen molar-refractivity contribution in [2.24, 2.45) is 0 Å². The molecular formula is C13H10N4O2S. The van der Waals surface area contributed by atoms with Crippen molar-refractivity contribution in [3.05, 3.63) is 51.5 Å². The summed E-state index contributed by atoms with van der Waals surface area (Å²) in [6.45, 7) is 1.79. The highest BCUT2D eigenvalue weighted by atomic mass is 32.1. The molecule has 7 heteroatoms. The van der Waals surface area contributed by atoms with Gasteiger partial charge in [0, 0.05) is 10.9 Å². The van der Waals surface area contributed by atoms with Gasteiger partial charge in [0.05, 0.1) is 16.6 Å². The van der Waals surface area contributed by atoms with Gasteiger partial charge in [-0.05, 0) is 25.1 Å². The van der Waals surface area contributed by atoms with E-state index in [0.717, 1.165) is 5.01 Å². The van der Waals surface area contributed by atoms with Crippen LogP contribution in [0.25, 0.3) is 0 Å². The molecule has 20 heavy (non-hydrogen) atoms. The van der Waals surface area contributed by atoms with Crippen molar-refractivity contribution in [2.75, 3.05) is 0 Å². The quantitative estimate of drug-likeness (QED) is 0.816. The molecular weight excluding hydrogens is 276 g/mol. The first-order valence-electron chi connectivity index (χ1n) is 5.63. The number of benzene rings is 1. The zero-order chi connectivity index (χ0) is 14.5. The Hall–Kier alpha value is -2.72. The van der Waals surface area contributed by atoms with E-state index < -0.39 is 11.8 Å². The van der Waals surface area contributed by atoms with Crippen LogP contribution in [0.4, 0.5) is 0 Å². The molecule has 1 heterocycles. The van der Waals surface area contributed by atoms with Crippen LogP contribution in [0.15, 0.2) is 29.6 Å². The summed E-state index contributed by atoms with van der Waals surface area (Å²) in [5, 5.41) is 11.1. The summed E-state index contributed by atoms with van der Waals surface area (Å²) < 4.78 is 0. The molecule has 0 aliphatic carbocycles. The lowest BCUT2D eigenvalue weighted by Crippen LogP contribution is -2.41. The van der Waals surface area contributed by atoms with Crippen LogP contribution in [-0.4, -0.2) is 16.8 Å². The molecule has 0 radical (unpaired) electrons. The van der Waals surface area contributed by atoms with Gasteiger partial charge < -0.3 is 0 Å². The van der Waals surface area contributed by atoms with Crippen molar-refractivity contribution >= 4 is 23.2 Å².